The highest BCUT2D eigenvalue weighted by atomic mass is 19.4. The lowest BCUT2D eigenvalue weighted by Gasteiger charge is -2.31. The van der Waals surface area contributed by atoms with Gasteiger partial charge in [0.05, 0.1) is 17.8 Å². The fourth-order valence-corrected chi connectivity index (χ4v) is 2.27. The third-order valence-corrected chi connectivity index (χ3v) is 3.46. The number of likely N-dealkylation sites (tertiary alicyclic amines) is 1. The highest BCUT2D eigenvalue weighted by Crippen LogP contribution is 2.34. The fourth-order valence-electron chi connectivity index (χ4n) is 2.27. The molecule has 0 aromatic heterocycles. The number of piperidine rings is 1. The molecule has 122 valence electrons. The van der Waals surface area contributed by atoms with Gasteiger partial charge in [-0.2, -0.15) is 13.2 Å². The first-order chi connectivity index (χ1) is 10.2. The Morgan fingerprint density at radius 2 is 1.77 bits per heavy atom. The van der Waals surface area contributed by atoms with E-state index in [1.54, 1.807) is 0 Å². The average Bonchev–Trinajstić information content (AvgIpc) is 2.40. The Morgan fingerprint density at radius 1 is 1.18 bits per heavy atom. The van der Waals surface area contributed by atoms with Gasteiger partial charge in [-0.25, -0.2) is 8.78 Å². The van der Waals surface area contributed by atoms with Crippen molar-refractivity contribution in [3.63, 3.8) is 0 Å². The molecule has 0 aliphatic carbocycles. The van der Waals surface area contributed by atoms with Gasteiger partial charge < -0.3 is 5.32 Å². The van der Waals surface area contributed by atoms with Crippen molar-refractivity contribution in [2.75, 3.05) is 25.0 Å². The number of anilines is 1. The summed E-state index contributed by atoms with van der Waals surface area (Å²) in [6.45, 7) is -0.120. The molecule has 8 heteroatoms. The van der Waals surface area contributed by atoms with E-state index >= 15 is 0 Å². The topological polar surface area (TPSA) is 32.3 Å². The minimum Gasteiger partial charge on any atom is -0.324 e. The molecule has 1 aliphatic heterocycles. The summed E-state index contributed by atoms with van der Waals surface area (Å²) in [6.07, 6.45) is -5.27. The number of nitrogens with zero attached hydrogens (tertiary/aromatic N) is 1. The van der Waals surface area contributed by atoms with E-state index in [0.29, 0.717) is 0 Å². The molecule has 0 bridgehead atoms. The maximum Gasteiger partial charge on any atom is 0.418 e. The van der Waals surface area contributed by atoms with Crippen LogP contribution in [0.3, 0.4) is 0 Å². The van der Waals surface area contributed by atoms with Crippen LogP contribution in [0.1, 0.15) is 18.4 Å². The van der Waals surface area contributed by atoms with Crippen molar-refractivity contribution >= 4 is 11.6 Å². The molecule has 1 saturated heterocycles. The average molecular weight is 322 g/mol. The number of carbonyl (C=O) groups is 1. The number of halogens is 5. The SMILES string of the molecule is O=C(CN1CCC(F)(F)CC1)Nc1ccccc1C(F)(F)F. The van der Waals surface area contributed by atoms with Gasteiger partial charge in [0.1, 0.15) is 0 Å². The van der Waals surface area contributed by atoms with E-state index in [9.17, 15) is 26.7 Å². The van der Waals surface area contributed by atoms with E-state index < -0.39 is 23.6 Å². The largest absolute Gasteiger partial charge is 0.418 e. The predicted molar refractivity (Wildman–Crippen MR) is 70.7 cm³/mol. The van der Waals surface area contributed by atoms with Crippen molar-refractivity contribution in [1.29, 1.82) is 0 Å². The third-order valence-electron chi connectivity index (χ3n) is 3.46. The molecule has 1 amide bonds. The summed E-state index contributed by atoms with van der Waals surface area (Å²) in [4.78, 5) is 13.3. The lowest BCUT2D eigenvalue weighted by molar-refractivity contribution is -0.137. The summed E-state index contributed by atoms with van der Waals surface area (Å²) in [5, 5.41) is 2.20. The Kier molecular flexibility index (Phi) is 4.69. The number of carbonyl (C=O) groups excluding carboxylic acids is 1. The molecule has 0 unspecified atom stereocenters. The van der Waals surface area contributed by atoms with E-state index in [1.807, 2.05) is 0 Å². The molecule has 1 heterocycles. The molecule has 1 fully saturated rings. The van der Waals surface area contributed by atoms with Gasteiger partial charge in [-0.1, -0.05) is 12.1 Å². The van der Waals surface area contributed by atoms with Gasteiger partial charge in [0.25, 0.3) is 5.92 Å². The Bertz CT molecular complexity index is 534. The van der Waals surface area contributed by atoms with Crippen LogP contribution in [0, 0.1) is 0 Å². The van der Waals surface area contributed by atoms with Crippen molar-refractivity contribution in [3.8, 4) is 0 Å². The summed E-state index contributed by atoms with van der Waals surface area (Å²) >= 11 is 0. The van der Waals surface area contributed by atoms with Gasteiger partial charge in [0, 0.05) is 25.9 Å². The van der Waals surface area contributed by atoms with Gasteiger partial charge in [-0.05, 0) is 12.1 Å². The quantitative estimate of drug-likeness (QED) is 0.866. The van der Waals surface area contributed by atoms with Crippen molar-refractivity contribution in [1.82, 2.24) is 4.90 Å². The molecule has 0 radical (unpaired) electrons. The minimum absolute atomic E-state index is 0.0430. The molecule has 22 heavy (non-hydrogen) atoms. The van der Waals surface area contributed by atoms with Gasteiger partial charge in [-0.3, -0.25) is 9.69 Å². The number of hydrogen-bond acceptors (Lipinski definition) is 2. The molecule has 0 atom stereocenters. The van der Waals surface area contributed by atoms with E-state index in [4.69, 9.17) is 0 Å². The number of amides is 1. The van der Waals surface area contributed by atoms with Gasteiger partial charge in [0.2, 0.25) is 5.91 Å². The number of alkyl halides is 5. The van der Waals surface area contributed by atoms with Crippen LogP contribution in [0.4, 0.5) is 27.6 Å². The van der Waals surface area contributed by atoms with Gasteiger partial charge in [0.15, 0.2) is 0 Å². The Labute approximate surface area is 124 Å². The molecule has 1 aromatic rings. The third kappa shape index (κ3) is 4.40. The molecule has 1 aromatic carbocycles. The van der Waals surface area contributed by atoms with Crippen LogP contribution < -0.4 is 5.32 Å². The fraction of sp³-hybridized carbons (Fsp3) is 0.500. The maximum atomic E-state index is 13.0. The molecular weight excluding hydrogens is 307 g/mol. The second kappa shape index (κ2) is 6.20. The maximum absolute atomic E-state index is 13.0. The zero-order valence-corrected chi connectivity index (χ0v) is 11.6. The molecule has 0 saturated carbocycles. The summed E-state index contributed by atoms with van der Waals surface area (Å²) in [7, 11) is 0. The zero-order chi connectivity index (χ0) is 16.4. The standard InChI is InChI=1S/C14H15F5N2O/c15-13(16)5-7-21(8-6-13)9-12(22)20-11-4-2-1-3-10(11)14(17,18)19/h1-4H,5-9H2,(H,20,22). The lowest BCUT2D eigenvalue weighted by atomic mass is 10.1. The van der Waals surface area contributed by atoms with Crippen LogP contribution in [0.2, 0.25) is 0 Å². The molecule has 1 N–H and O–H groups in total. The number of rotatable bonds is 3. The van der Waals surface area contributed by atoms with Crippen LogP contribution >= 0.6 is 0 Å². The summed E-state index contributed by atoms with van der Waals surface area (Å²) in [5.41, 5.74) is -1.27. The highest BCUT2D eigenvalue weighted by Gasteiger charge is 2.35. The van der Waals surface area contributed by atoms with Crippen LogP contribution in [0.25, 0.3) is 0 Å². The van der Waals surface area contributed by atoms with Crippen LogP contribution in [-0.2, 0) is 11.0 Å². The van der Waals surface area contributed by atoms with Crippen molar-refractivity contribution < 1.29 is 26.7 Å². The van der Waals surface area contributed by atoms with Crippen LogP contribution in [-0.4, -0.2) is 36.4 Å². The summed E-state index contributed by atoms with van der Waals surface area (Å²) in [5.74, 6) is -3.38. The smallest absolute Gasteiger partial charge is 0.324 e. The number of nitrogens with one attached hydrogen (secondary N) is 1. The van der Waals surface area contributed by atoms with Crippen LogP contribution in [0.15, 0.2) is 24.3 Å². The van der Waals surface area contributed by atoms with Crippen molar-refractivity contribution in [2.45, 2.75) is 24.9 Å². The van der Waals surface area contributed by atoms with E-state index in [0.717, 1.165) is 12.1 Å². The van der Waals surface area contributed by atoms with Crippen molar-refractivity contribution in [2.24, 2.45) is 0 Å². The highest BCUT2D eigenvalue weighted by molar-refractivity contribution is 5.93. The molecule has 0 spiro atoms. The van der Waals surface area contributed by atoms with Crippen molar-refractivity contribution in [3.05, 3.63) is 29.8 Å². The normalized spacial score (nSPS) is 19.0. The second-order valence-electron chi connectivity index (χ2n) is 5.22. The Morgan fingerprint density at radius 3 is 2.36 bits per heavy atom. The first-order valence-electron chi connectivity index (χ1n) is 6.74. The van der Waals surface area contributed by atoms with E-state index in [2.05, 4.69) is 5.32 Å². The number of benzene rings is 1. The van der Waals surface area contributed by atoms with Gasteiger partial charge in [-0.15, -0.1) is 0 Å². The predicted octanol–water partition coefficient (Wildman–Crippen LogP) is 3.38. The van der Waals surface area contributed by atoms with E-state index in [-0.39, 0.29) is 38.2 Å². The Hall–Kier alpha value is -1.70. The lowest BCUT2D eigenvalue weighted by Crippen LogP contribution is -2.43. The second-order valence-corrected chi connectivity index (χ2v) is 5.22. The molecular formula is C14H15F5N2O. The van der Waals surface area contributed by atoms with E-state index in [1.165, 1.54) is 17.0 Å². The molecule has 2 rings (SSSR count). The number of hydrogen-bond donors (Lipinski definition) is 1. The van der Waals surface area contributed by atoms with Crippen LogP contribution in [0.5, 0.6) is 0 Å². The summed E-state index contributed by atoms with van der Waals surface area (Å²) in [6, 6.07) is 4.64. The first kappa shape index (κ1) is 16.7. The molecule has 3 nitrogen and oxygen atoms in total. The monoisotopic (exact) mass is 322 g/mol. The Balaban J connectivity index is 1.96. The number of para-hydroxylation sites is 1. The minimum atomic E-state index is -4.57. The zero-order valence-electron chi connectivity index (χ0n) is 11.6. The molecule has 1 aliphatic rings. The summed E-state index contributed by atoms with van der Waals surface area (Å²) < 4.78 is 64.4. The first-order valence-corrected chi connectivity index (χ1v) is 6.74. The van der Waals surface area contributed by atoms with Gasteiger partial charge >= 0.3 is 6.18 Å².